The lowest BCUT2D eigenvalue weighted by molar-refractivity contribution is -0.119. The van der Waals surface area contributed by atoms with Gasteiger partial charge in [0.15, 0.2) is 6.61 Å². The highest BCUT2D eigenvalue weighted by atomic mass is 32.2. The molecule has 0 unspecified atom stereocenters. The van der Waals surface area contributed by atoms with Crippen LogP contribution in [0.25, 0.3) is 0 Å². The number of anilines is 1. The van der Waals surface area contributed by atoms with E-state index in [1.807, 2.05) is 0 Å². The third-order valence-electron chi connectivity index (χ3n) is 3.89. The van der Waals surface area contributed by atoms with Gasteiger partial charge in [-0.25, -0.2) is 22.0 Å². The molecule has 0 aliphatic rings. The normalized spacial score (nSPS) is 11.3. The van der Waals surface area contributed by atoms with Gasteiger partial charge in [0.1, 0.15) is 11.6 Å². The highest BCUT2D eigenvalue weighted by molar-refractivity contribution is 7.89. The first-order valence-electron chi connectivity index (χ1n) is 8.70. The summed E-state index contributed by atoms with van der Waals surface area (Å²) < 4.78 is 57.4. The summed E-state index contributed by atoms with van der Waals surface area (Å²) in [7, 11) is -3.76. The van der Waals surface area contributed by atoms with Gasteiger partial charge >= 0.3 is 5.97 Å². The Morgan fingerprint density at radius 3 is 2.24 bits per heavy atom. The molecule has 1 N–H and O–H groups in total. The summed E-state index contributed by atoms with van der Waals surface area (Å²) in [6.07, 6.45) is 0. The van der Waals surface area contributed by atoms with Crippen LogP contribution in [0, 0.1) is 11.6 Å². The standard InChI is InChI=1S/C19H20F2N2O5S/c1-3-23(4-2)29(26,27)17-7-5-6-13(8-17)19(25)28-12-18(24)22-16-10-14(20)9-15(21)11-16/h5-11H,3-4,12H2,1-2H3,(H,22,24). The molecule has 0 aliphatic carbocycles. The molecule has 7 nitrogen and oxygen atoms in total. The van der Waals surface area contributed by atoms with Gasteiger partial charge in [-0.3, -0.25) is 4.79 Å². The van der Waals surface area contributed by atoms with Crippen molar-refractivity contribution in [3.8, 4) is 0 Å². The lowest BCUT2D eigenvalue weighted by Crippen LogP contribution is -2.30. The Hall–Kier alpha value is -2.85. The number of halogens is 2. The van der Waals surface area contributed by atoms with Gasteiger partial charge in [-0.2, -0.15) is 4.31 Å². The number of esters is 1. The van der Waals surface area contributed by atoms with Crippen molar-refractivity contribution in [1.29, 1.82) is 0 Å². The second-order valence-electron chi connectivity index (χ2n) is 5.90. The van der Waals surface area contributed by atoms with Crippen LogP contribution in [0.5, 0.6) is 0 Å². The Morgan fingerprint density at radius 2 is 1.66 bits per heavy atom. The van der Waals surface area contributed by atoms with Gasteiger partial charge < -0.3 is 10.1 Å². The summed E-state index contributed by atoms with van der Waals surface area (Å²) in [6, 6.07) is 7.72. The zero-order valence-corrected chi connectivity index (χ0v) is 16.6. The summed E-state index contributed by atoms with van der Waals surface area (Å²) in [6.45, 7) is 3.22. The second-order valence-corrected chi connectivity index (χ2v) is 7.84. The maximum absolute atomic E-state index is 13.1. The van der Waals surface area contributed by atoms with Crippen LogP contribution in [0.4, 0.5) is 14.5 Å². The molecule has 2 aromatic carbocycles. The van der Waals surface area contributed by atoms with Crippen LogP contribution < -0.4 is 5.32 Å². The summed E-state index contributed by atoms with van der Waals surface area (Å²) in [5, 5.41) is 2.20. The van der Waals surface area contributed by atoms with E-state index in [0.717, 1.165) is 18.2 Å². The topological polar surface area (TPSA) is 92.8 Å². The molecule has 2 rings (SSSR count). The van der Waals surface area contributed by atoms with Gasteiger partial charge in [0.25, 0.3) is 5.91 Å². The summed E-state index contributed by atoms with van der Waals surface area (Å²) in [5.74, 6) is -3.47. The minimum atomic E-state index is -3.76. The van der Waals surface area contributed by atoms with Gasteiger partial charge in [0.2, 0.25) is 10.0 Å². The molecule has 0 fully saturated rings. The third-order valence-corrected chi connectivity index (χ3v) is 5.94. The zero-order valence-electron chi connectivity index (χ0n) is 15.8. The largest absolute Gasteiger partial charge is 0.452 e. The van der Waals surface area contributed by atoms with Gasteiger partial charge in [-0.05, 0) is 30.3 Å². The van der Waals surface area contributed by atoms with E-state index in [4.69, 9.17) is 4.74 Å². The van der Waals surface area contributed by atoms with Gasteiger partial charge in [0.05, 0.1) is 10.5 Å². The molecule has 0 spiro atoms. The fourth-order valence-electron chi connectivity index (χ4n) is 2.53. The third kappa shape index (κ3) is 5.81. The van der Waals surface area contributed by atoms with Crippen molar-refractivity contribution in [1.82, 2.24) is 4.31 Å². The molecule has 0 radical (unpaired) electrons. The molecule has 0 saturated carbocycles. The van der Waals surface area contributed by atoms with Crippen LogP contribution >= 0.6 is 0 Å². The Morgan fingerprint density at radius 1 is 1.03 bits per heavy atom. The average Bonchev–Trinajstić information content (AvgIpc) is 2.66. The fraction of sp³-hybridized carbons (Fsp3) is 0.263. The highest BCUT2D eigenvalue weighted by Gasteiger charge is 2.23. The number of hydrogen-bond donors (Lipinski definition) is 1. The van der Waals surface area contributed by atoms with Crippen molar-refractivity contribution in [2.24, 2.45) is 0 Å². The summed E-state index contributed by atoms with van der Waals surface area (Å²) >= 11 is 0. The molecular weight excluding hydrogens is 406 g/mol. The first-order valence-corrected chi connectivity index (χ1v) is 10.1. The quantitative estimate of drug-likeness (QED) is 0.656. The molecule has 29 heavy (non-hydrogen) atoms. The van der Waals surface area contributed by atoms with Crippen LogP contribution in [0.3, 0.4) is 0 Å². The fourth-order valence-corrected chi connectivity index (χ4v) is 4.04. The van der Waals surface area contributed by atoms with E-state index in [9.17, 15) is 26.8 Å². The molecular formula is C19H20F2N2O5S. The molecule has 10 heteroatoms. The number of benzene rings is 2. The number of carbonyl (C=O) groups is 2. The lowest BCUT2D eigenvalue weighted by atomic mass is 10.2. The van der Waals surface area contributed by atoms with E-state index >= 15 is 0 Å². The smallest absolute Gasteiger partial charge is 0.338 e. The number of hydrogen-bond acceptors (Lipinski definition) is 5. The number of carbonyl (C=O) groups excluding carboxylic acids is 2. The van der Waals surface area contributed by atoms with Crippen LogP contribution in [-0.4, -0.2) is 44.3 Å². The number of sulfonamides is 1. The van der Waals surface area contributed by atoms with Crippen molar-refractivity contribution >= 4 is 27.6 Å². The Labute approximate surface area is 167 Å². The predicted molar refractivity (Wildman–Crippen MR) is 102 cm³/mol. The number of ether oxygens (including phenoxy) is 1. The molecule has 0 bridgehead atoms. The minimum Gasteiger partial charge on any atom is -0.452 e. The molecule has 0 aliphatic heterocycles. The van der Waals surface area contributed by atoms with E-state index in [1.54, 1.807) is 13.8 Å². The Kier molecular flexibility index (Phi) is 7.40. The first-order chi connectivity index (χ1) is 13.7. The maximum atomic E-state index is 13.1. The van der Waals surface area contributed by atoms with Crippen LogP contribution in [0.2, 0.25) is 0 Å². The molecule has 1 amide bonds. The van der Waals surface area contributed by atoms with Crippen molar-refractivity contribution in [3.05, 3.63) is 59.7 Å². The monoisotopic (exact) mass is 426 g/mol. The molecule has 2 aromatic rings. The predicted octanol–water partition coefficient (Wildman–Crippen LogP) is 2.79. The van der Waals surface area contributed by atoms with E-state index in [-0.39, 0.29) is 29.2 Å². The minimum absolute atomic E-state index is 0.0529. The number of rotatable bonds is 8. The average molecular weight is 426 g/mol. The second kappa shape index (κ2) is 9.57. The van der Waals surface area contributed by atoms with Gasteiger partial charge in [0, 0.05) is 24.8 Å². The summed E-state index contributed by atoms with van der Waals surface area (Å²) in [4.78, 5) is 23.9. The molecule has 0 aromatic heterocycles. The molecule has 0 saturated heterocycles. The highest BCUT2D eigenvalue weighted by Crippen LogP contribution is 2.18. The van der Waals surface area contributed by atoms with Crippen LogP contribution in [0.15, 0.2) is 47.4 Å². The van der Waals surface area contributed by atoms with Crippen molar-refractivity contribution in [3.63, 3.8) is 0 Å². The van der Waals surface area contributed by atoms with E-state index < -0.39 is 40.1 Å². The van der Waals surface area contributed by atoms with E-state index in [1.165, 1.54) is 22.5 Å². The SMILES string of the molecule is CCN(CC)S(=O)(=O)c1cccc(C(=O)OCC(=O)Nc2cc(F)cc(F)c2)c1. The van der Waals surface area contributed by atoms with E-state index in [2.05, 4.69) is 5.32 Å². The number of nitrogens with zero attached hydrogens (tertiary/aromatic N) is 1. The lowest BCUT2D eigenvalue weighted by Gasteiger charge is -2.18. The van der Waals surface area contributed by atoms with Crippen molar-refractivity contribution in [2.75, 3.05) is 25.0 Å². The Bertz CT molecular complexity index is 987. The number of nitrogens with one attached hydrogen (secondary N) is 1. The van der Waals surface area contributed by atoms with Crippen LogP contribution in [0.1, 0.15) is 24.2 Å². The maximum Gasteiger partial charge on any atom is 0.338 e. The molecule has 156 valence electrons. The molecule has 0 atom stereocenters. The number of amides is 1. The van der Waals surface area contributed by atoms with Gasteiger partial charge in [-0.1, -0.05) is 19.9 Å². The van der Waals surface area contributed by atoms with E-state index in [0.29, 0.717) is 6.07 Å². The Balaban J connectivity index is 2.05. The first kappa shape index (κ1) is 22.4. The van der Waals surface area contributed by atoms with Crippen molar-refractivity contribution in [2.45, 2.75) is 18.7 Å². The van der Waals surface area contributed by atoms with Crippen molar-refractivity contribution < 1.29 is 31.5 Å². The molecule has 0 heterocycles. The zero-order chi connectivity index (χ0) is 21.6. The van der Waals surface area contributed by atoms with Gasteiger partial charge in [-0.15, -0.1) is 0 Å². The van der Waals surface area contributed by atoms with Crippen LogP contribution in [-0.2, 0) is 19.6 Å². The summed E-state index contributed by atoms with van der Waals surface area (Å²) in [5.41, 5.74) is -0.182.